The number of hydrazine groups is 1. The van der Waals surface area contributed by atoms with Crippen LogP contribution in [-0.2, 0) is 5.41 Å². The first-order valence-electron chi connectivity index (χ1n) is 7.45. The third-order valence-electron chi connectivity index (χ3n) is 4.53. The van der Waals surface area contributed by atoms with Gasteiger partial charge in [-0.1, -0.05) is 56.3 Å². The summed E-state index contributed by atoms with van der Waals surface area (Å²) < 4.78 is 13.2. The van der Waals surface area contributed by atoms with Gasteiger partial charge in [0.1, 0.15) is 5.82 Å². The predicted molar refractivity (Wildman–Crippen MR) is 85.2 cm³/mol. The van der Waals surface area contributed by atoms with Crippen LogP contribution in [0.1, 0.15) is 43.9 Å². The number of nitrogens with two attached hydrogens (primary N) is 1. The lowest BCUT2D eigenvalue weighted by Crippen LogP contribution is -2.44. The zero-order chi connectivity index (χ0) is 15.3. The predicted octanol–water partition coefficient (Wildman–Crippen LogP) is 4.09. The molecule has 0 spiro atoms. The van der Waals surface area contributed by atoms with Crippen molar-refractivity contribution in [3.05, 3.63) is 71.5 Å². The van der Waals surface area contributed by atoms with E-state index >= 15 is 0 Å². The monoisotopic (exact) mass is 286 g/mol. The molecule has 1 unspecified atom stereocenters. The molecule has 3 heteroatoms. The summed E-state index contributed by atoms with van der Waals surface area (Å²) in [5.74, 6) is 5.64. The molecule has 0 radical (unpaired) electrons. The number of hydrogen-bond acceptors (Lipinski definition) is 2. The second-order valence-corrected chi connectivity index (χ2v) is 5.38. The molecule has 2 aromatic carbocycles. The molecule has 0 bridgehead atoms. The van der Waals surface area contributed by atoms with Crippen molar-refractivity contribution < 1.29 is 4.39 Å². The highest BCUT2D eigenvalue weighted by molar-refractivity contribution is 5.33. The molecule has 2 nitrogen and oxygen atoms in total. The molecule has 0 aliphatic heterocycles. The van der Waals surface area contributed by atoms with Crippen molar-refractivity contribution in [1.82, 2.24) is 5.43 Å². The highest BCUT2D eigenvalue weighted by atomic mass is 19.1. The van der Waals surface area contributed by atoms with Gasteiger partial charge in [-0.3, -0.25) is 11.3 Å². The number of benzene rings is 2. The Balaban J connectivity index is 2.51. The van der Waals surface area contributed by atoms with E-state index in [1.807, 2.05) is 30.3 Å². The Kier molecular flexibility index (Phi) is 5.10. The van der Waals surface area contributed by atoms with Gasteiger partial charge >= 0.3 is 0 Å². The van der Waals surface area contributed by atoms with Crippen molar-refractivity contribution in [2.75, 3.05) is 0 Å². The minimum Gasteiger partial charge on any atom is -0.271 e. The molecule has 0 saturated heterocycles. The summed E-state index contributed by atoms with van der Waals surface area (Å²) >= 11 is 0. The van der Waals surface area contributed by atoms with E-state index in [1.165, 1.54) is 17.7 Å². The Labute approximate surface area is 126 Å². The van der Waals surface area contributed by atoms with Crippen molar-refractivity contribution in [2.45, 2.75) is 38.1 Å². The van der Waals surface area contributed by atoms with Gasteiger partial charge in [0, 0.05) is 5.41 Å². The standard InChI is InChI=1S/C18H23FN2/c1-3-18(4-2,15-8-6-5-7-9-15)17(21-20)14-10-12-16(19)13-11-14/h5-13,17,21H,3-4,20H2,1-2H3. The van der Waals surface area contributed by atoms with Crippen LogP contribution < -0.4 is 11.3 Å². The van der Waals surface area contributed by atoms with Crippen LogP contribution in [0.3, 0.4) is 0 Å². The highest BCUT2D eigenvalue weighted by Gasteiger charge is 2.37. The van der Waals surface area contributed by atoms with Gasteiger partial charge in [-0.25, -0.2) is 4.39 Å². The molecule has 112 valence electrons. The highest BCUT2D eigenvalue weighted by Crippen LogP contribution is 2.42. The minimum absolute atomic E-state index is 0.0597. The molecule has 0 heterocycles. The summed E-state index contributed by atoms with van der Waals surface area (Å²) in [5.41, 5.74) is 5.10. The van der Waals surface area contributed by atoms with Gasteiger partial charge in [-0.2, -0.15) is 0 Å². The van der Waals surface area contributed by atoms with Crippen molar-refractivity contribution in [1.29, 1.82) is 0 Å². The van der Waals surface area contributed by atoms with E-state index in [1.54, 1.807) is 0 Å². The Morgan fingerprint density at radius 3 is 2.05 bits per heavy atom. The average molecular weight is 286 g/mol. The maximum atomic E-state index is 13.2. The van der Waals surface area contributed by atoms with Crippen molar-refractivity contribution in [2.24, 2.45) is 5.84 Å². The van der Waals surface area contributed by atoms with Crippen LogP contribution >= 0.6 is 0 Å². The summed E-state index contributed by atoms with van der Waals surface area (Å²) in [5, 5.41) is 0. The van der Waals surface area contributed by atoms with Crippen molar-refractivity contribution >= 4 is 0 Å². The van der Waals surface area contributed by atoms with E-state index in [0.29, 0.717) is 0 Å². The van der Waals surface area contributed by atoms with Crippen LogP contribution in [0.25, 0.3) is 0 Å². The van der Waals surface area contributed by atoms with Crippen LogP contribution in [0.4, 0.5) is 4.39 Å². The summed E-state index contributed by atoms with van der Waals surface area (Å²) in [6.45, 7) is 4.34. The summed E-state index contributed by atoms with van der Waals surface area (Å²) in [7, 11) is 0. The molecule has 0 aliphatic carbocycles. The van der Waals surface area contributed by atoms with Crippen LogP contribution in [0, 0.1) is 5.82 Å². The summed E-state index contributed by atoms with van der Waals surface area (Å²) in [4.78, 5) is 0. The maximum absolute atomic E-state index is 13.2. The lowest BCUT2D eigenvalue weighted by atomic mass is 9.68. The third kappa shape index (κ3) is 2.99. The largest absolute Gasteiger partial charge is 0.271 e. The Morgan fingerprint density at radius 1 is 1.00 bits per heavy atom. The first kappa shape index (κ1) is 15.7. The van der Waals surface area contributed by atoms with Gasteiger partial charge in [0.15, 0.2) is 0 Å². The van der Waals surface area contributed by atoms with Crippen LogP contribution in [-0.4, -0.2) is 0 Å². The van der Waals surface area contributed by atoms with E-state index in [9.17, 15) is 4.39 Å². The Bertz CT molecular complexity index is 547. The normalized spacial score (nSPS) is 13.1. The van der Waals surface area contributed by atoms with Crippen LogP contribution in [0.2, 0.25) is 0 Å². The molecule has 0 aliphatic rings. The molecule has 3 N–H and O–H groups in total. The fraction of sp³-hybridized carbons (Fsp3) is 0.333. The second kappa shape index (κ2) is 6.83. The van der Waals surface area contributed by atoms with E-state index in [4.69, 9.17) is 5.84 Å². The average Bonchev–Trinajstić information content (AvgIpc) is 2.55. The minimum atomic E-state index is -0.229. The number of halogens is 1. The second-order valence-electron chi connectivity index (χ2n) is 5.38. The van der Waals surface area contributed by atoms with Crippen molar-refractivity contribution in [3.8, 4) is 0 Å². The van der Waals surface area contributed by atoms with Gasteiger partial charge in [-0.15, -0.1) is 0 Å². The third-order valence-corrected chi connectivity index (χ3v) is 4.53. The molecule has 0 amide bonds. The lowest BCUT2D eigenvalue weighted by Gasteiger charge is -2.40. The van der Waals surface area contributed by atoms with E-state index in [0.717, 1.165) is 18.4 Å². The molecular weight excluding hydrogens is 263 g/mol. The molecule has 21 heavy (non-hydrogen) atoms. The molecular formula is C18H23FN2. The topological polar surface area (TPSA) is 38.0 Å². The van der Waals surface area contributed by atoms with Gasteiger partial charge in [0.05, 0.1) is 6.04 Å². The molecule has 0 saturated carbocycles. The first-order valence-corrected chi connectivity index (χ1v) is 7.45. The van der Waals surface area contributed by atoms with E-state index in [2.05, 4.69) is 31.4 Å². The zero-order valence-electron chi connectivity index (χ0n) is 12.6. The smallest absolute Gasteiger partial charge is 0.123 e. The van der Waals surface area contributed by atoms with Gasteiger partial charge in [0.2, 0.25) is 0 Å². The van der Waals surface area contributed by atoms with Crippen molar-refractivity contribution in [3.63, 3.8) is 0 Å². The van der Waals surface area contributed by atoms with Gasteiger partial charge in [-0.05, 0) is 36.1 Å². The fourth-order valence-electron chi connectivity index (χ4n) is 3.23. The van der Waals surface area contributed by atoms with Crippen LogP contribution in [0.15, 0.2) is 54.6 Å². The van der Waals surface area contributed by atoms with Gasteiger partial charge in [0.25, 0.3) is 0 Å². The maximum Gasteiger partial charge on any atom is 0.123 e. The first-order chi connectivity index (χ1) is 10.2. The van der Waals surface area contributed by atoms with Gasteiger partial charge < -0.3 is 0 Å². The Hall–Kier alpha value is -1.71. The SMILES string of the molecule is CCC(CC)(c1ccccc1)C(NN)c1ccc(F)cc1. The molecule has 0 aromatic heterocycles. The summed E-state index contributed by atoms with van der Waals surface area (Å²) in [6, 6.07) is 16.9. The Morgan fingerprint density at radius 2 is 1.57 bits per heavy atom. The molecule has 2 aromatic rings. The number of nitrogens with one attached hydrogen (secondary N) is 1. The molecule has 2 rings (SSSR count). The fourth-order valence-corrected chi connectivity index (χ4v) is 3.23. The van der Waals surface area contributed by atoms with Crippen LogP contribution in [0.5, 0.6) is 0 Å². The molecule has 1 atom stereocenters. The summed E-state index contributed by atoms with van der Waals surface area (Å²) in [6.07, 6.45) is 1.89. The molecule has 0 fully saturated rings. The number of hydrogen-bond donors (Lipinski definition) is 2. The zero-order valence-corrected chi connectivity index (χ0v) is 12.6. The quantitative estimate of drug-likeness (QED) is 0.620. The van der Waals surface area contributed by atoms with E-state index < -0.39 is 0 Å². The number of rotatable bonds is 6. The lowest BCUT2D eigenvalue weighted by molar-refractivity contribution is 0.276. The van der Waals surface area contributed by atoms with E-state index in [-0.39, 0.29) is 17.3 Å².